The summed E-state index contributed by atoms with van der Waals surface area (Å²) in [5.41, 5.74) is 1.36. The maximum atomic E-state index is 13.2. The highest BCUT2D eigenvalue weighted by atomic mass is 19.1. The molecule has 1 fully saturated rings. The van der Waals surface area contributed by atoms with E-state index in [9.17, 15) is 14.0 Å². The monoisotopic (exact) mass is 362 g/mol. The number of aromatic nitrogens is 2. The molecular weight excluding hydrogens is 339 g/mol. The molecule has 0 atom stereocenters. The Morgan fingerprint density at radius 3 is 2.88 bits per heavy atom. The molecule has 0 aliphatic carbocycles. The Labute approximate surface area is 150 Å². The second-order valence-corrected chi connectivity index (χ2v) is 6.47. The SMILES string of the molecule is COCC(=O)N1CCC(C(=O)NCCc2nc3ccc(F)cc3[nH]2)CC1. The normalized spacial score (nSPS) is 15.4. The number of methoxy groups -OCH3 is 1. The third-order valence-corrected chi connectivity index (χ3v) is 4.64. The average Bonchev–Trinajstić information content (AvgIpc) is 3.03. The van der Waals surface area contributed by atoms with E-state index in [4.69, 9.17) is 4.74 Å². The Hall–Kier alpha value is -2.48. The first-order chi connectivity index (χ1) is 12.6. The van der Waals surface area contributed by atoms with Crippen LogP contribution in [-0.4, -0.2) is 60.0 Å². The van der Waals surface area contributed by atoms with Crippen molar-refractivity contribution in [2.24, 2.45) is 5.92 Å². The van der Waals surface area contributed by atoms with E-state index >= 15 is 0 Å². The maximum Gasteiger partial charge on any atom is 0.248 e. The predicted molar refractivity (Wildman–Crippen MR) is 93.9 cm³/mol. The minimum absolute atomic E-state index is 0.00555. The van der Waals surface area contributed by atoms with Gasteiger partial charge in [0, 0.05) is 39.1 Å². The summed E-state index contributed by atoms with van der Waals surface area (Å²) in [6.45, 7) is 1.70. The Bertz CT molecular complexity index is 784. The minimum atomic E-state index is -0.309. The third kappa shape index (κ3) is 4.37. The first-order valence-corrected chi connectivity index (χ1v) is 8.75. The lowest BCUT2D eigenvalue weighted by molar-refractivity contribution is -0.138. The van der Waals surface area contributed by atoms with Gasteiger partial charge in [-0.15, -0.1) is 0 Å². The molecule has 1 aliphatic rings. The number of nitrogens with one attached hydrogen (secondary N) is 2. The van der Waals surface area contributed by atoms with Crippen molar-refractivity contribution in [2.75, 3.05) is 33.4 Å². The molecule has 1 aliphatic heterocycles. The average molecular weight is 362 g/mol. The van der Waals surface area contributed by atoms with Crippen LogP contribution in [0.5, 0.6) is 0 Å². The van der Waals surface area contributed by atoms with E-state index in [-0.39, 0.29) is 30.2 Å². The molecule has 140 valence electrons. The van der Waals surface area contributed by atoms with Gasteiger partial charge in [0.15, 0.2) is 0 Å². The number of aromatic amines is 1. The highest BCUT2D eigenvalue weighted by molar-refractivity contribution is 5.80. The zero-order valence-electron chi connectivity index (χ0n) is 14.8. The van der Waals surface area contributed by atoms with Crippen molar-refractivity contribution in [2.45, 2.75) is 19.3 Å². The van der Waals surface area contributed by atoms with Gasteiger partial charge in [-0.25, -0.2) is 9.37 Å². The Balaban J connectivity index is 1.43. The molecule has 2 aromatic rings. The number of carbonyl (C=O) groups is 2. The summed E-state index contributed by atoms with van der Waals surface area (Å²) in [7, 11) is 1.50. The highest BCUT2D eigenvalue weighted by Gasteiger charge is 2.26. The number of hydrogen-bond acceptors (Lipinski definition) is 4. The van der Waals surface area contributed by atoms with E-state index in [1.807, 2.05) is 0 Å². The number of hydrogen-bond donors (Lipinski definition) is 2. The van der Waals surface area contributed by atoms with Gasteiger partial charge >= 0.3 is 0 Å². The Morgan fingerprint density at radius 1 is 1.38 bits per heavy atom. The molecule has 2 N–H and O–H groups in total. The number of rotatable bonds is 6. The largest absolute Gasteiger partial charge is 0.375 e. The molecule has 0 radical (unpaired) electrons. The number of piperidine rings is 1. The Kier molecular flexibility index (Phi) is 5.82. The van der Waals surface area contributed by atoms with Gasteiger partial charge in [0.25, 0.3) is 0 Å². The van der Waals surface area contributed by atoms with Gasteiger partial charge in [-0.1, -0.05) is 0 Å². The van der Waals surface area contributed by atoms with E-state index in [0.29, 0.717) is 55.8 Å². The van der Waals surface area contributed by atoms with E-state index in [1.54, 1.807) is 11.0 Å². The van der Waals surface area contributed by atoms with Crippen molar-refractivity contribution in [3.8, 4) is 0 Å². The fourth-order valence-corrected chi connectivity index (χ4v) is 3.21. The highest BCUT2D eigenvalue weighted by Crippen LogP contribution is 2.17. The molecule has 1 aromatic carbocycles. The van der Waals surface area contributed by atoms with Gasteiger partial charge in [0.05, 0.1) is 11.0 Å². The molecule has 1 aromatic heterocycles. The van der Waals surface area contributed by atoms with Gasteiger partial charge < -0.3 is 19.9 Å². The molecule has 0 saturated carbocycles. The fourth-order valence-electron chi connectivity index (χ4n) is 3.21. The number of imidazole rings is 1. The summed E-state index contributed by atoms with van der Waals surface area (Å²) in [5, 5.41) is 2.92. The number of fused-ring (bicyclic) bond motifs is 1. The number of benzene rings is 1. The van der Waals surface area contributed by atoms with Crippen molar-refractivity contribution in [3.63, 3.8) is 0 Å². The van der Waals surface area contributed by atoms with Crippen LogP contribution in [0.4, 0.5) is 4.39 Å². The van der Waals surface area contributed by atoms with Crippen molar-refractivity contribution < 1.29 is 18.7 Å². The van der Waals surface area contributed by atoms with Crippen LogP contribution in [0.2, 0.25) is 0 Å². The summed E-state index contributed by atoms with van der Waals surface area (Å²) in [4.78, 5) is 33.2. The summed E-state index contributed by atoms with van der Waals surface area (Å²) in [6.07, 6.45) is 1.86. The lowest BCUT2D eigenvalue weighted by Gasteiger charge is -2.31. The smallest absolute Gasteiger partial charge is 0.248 e. The van der Waals surface area contributed by atoms with Crippen LogP contribution >= 0.6 is 0 Å². The van der Waals surface area contributed by atoms with Gasteiger partial charge in [-0.05, 0) is 31.0 Å². The van der Waals surface area contributed by atoms with Gasteiger partial charge in [-0.2, -0.15) is 0 Å². The zero-order valence-corrected chi connectivity index (χ0v) is 14.8. The van der Waals surface area contributed by atoms with Crippen LogP contribution in [0.3, 0.4) is 0 Å². The minimum Gasteiger partial charge on any atom is -0.375 e. The summed E-state index contributed by atoms with van der Waals surface area (Å²) in [6, 6.07) is 4.41. The molecule has 1 saturated heterocycles. The van der Waals surface area contributed by atoms with Crippen LogP contribution < -0.4 is 5.32 Å². The zero-order chi connectivity index (χ0) is 18.5. The summed E-state index contributed by atoms with van der Waals surface area (Å²) >= 11 is 0. The van der Waals surface area contributed by atoms with E-state index in [1.165, 1.54) is 19.2 Å². The number of nitrogens with zero attached hydrogens (tertiary/aromatic N) is 2. The van der Waals surface area contributed by atoms with Crippen molar-refractivity contribution >= 4 is 22.8 Å². The van der Waals surface area contributed by atoms with Crippen LogP contribution in [-0.2, 0) is 20.7 Å². The molecule has 0 bridgehead atoms. The number of ether oxygens (including phenoxy) is 1. The molecule has 2 amide bonds. The molecular formula is C18H23FN4O3. The number of amides is 2. The molecule has 7 nitrogen and oxygen atoms in total. The van der Waals surface area contributed by atoms with Gasteiger partial charge in [0.1, 0.15) is 18.2 Å². The third-order valence-electron chi connectivity index (χ3n) is 4.64. The van der Waals surface area contributed by atoms with E-state index < -0.39 is 0 Å². The Morgan fingerprint density at radius 2 is 2.15 bits per heavy atom. The number of carbonyl (C=O) groups excluding carboxylic acids is 2. The maximum absolute atomic E-state index is 13.2. The molecule has 3 rings (SSSR count). The van der Waals surface area contributed by atoms with Crippen LogP contribution in [0.1, 0.15) is 18.7 Å². The van der Waals surface area contributed by atoms with Crippen LogP contribution in [0.25, 0.3) is 11.0 Å². The molecule has 26 heavy (non-hydrogen) atoms. The second-order valence-electron chi connectivity index (χ2n) is 6.47. The number of H-pyrrole nitrogens is 1. The van der Waals surface area contributed by atoms with Crippen LogP contribution in [0, 0.1) is 11.7 Å². The van der Waals surface area contributed by atoms with Crippen LogP contribution in [0.15, 0.2) is 18.2 Å². The second kappa shape index (κ2) is 8.27. The quantitative estimate of drug-likeness (QED) is 0.810. The number of likely N-dealkylation sites (tertiary alicyclic amines) is 1. The topological polar surface area (TPSA) is 87.3 Å². The van der Waals surface area contributed by atoms with E-state index in [2.05, 4.69) is 15.3 Å². The lowest BCUT2D eigenvalue weighted by Crippen LogP contribution is -2.44. The summed E-state index contributed by atoms with van der Waals surface area (Å²) in [5.74, 6) is 0.298. The standard InChI is InChI=1S/C18H23FN4O3/c1-26-11-17(24)23-8-5-12(6-9-23)18(25)20-7-4-16-21-14-3-2-13(19)10-15(14)22-16/h2-3,10,12H,4-9,11H2,1H3,(H,20,25)(H,21,22). The van der Waals surface area contributed by atoms with Gasteiger partial charge in [-0.3, -0.25) is 9.59 Å². The van der Waals surface area contributed by atoms with Crippen molar-refractivity contribution in [3.05, 3.63) is 29.8 Å². The summed E-state index contributed by atoms with van der Waals surface area (Å²) < 4.78 is 18.0. The van der Waals surface area contributed by atoms with E-state index in [0.717, 1.165) is 0 Å². The van der Waals surface area contributed by atoms with Crippen molar-refractivity contribution in [1.29, 1.82) is 0 Å². The molecule has 0 spiro atoms. The van der Waals surface area contributed by atoms with Gasteiger partial charge in [0.2, 0.25) is 11.8 Å². The molecule has 0 unspecified atom stereocenters. The molecule has 8 heteroatoms. The lowest BCUT2D eigenvalue weighted by atomic mass is 9.96. The molecule has 2 heterocycles. The number of halogens is 1. The first kappa shape index (κ1) is 18.3. The predicted octanol–water partition coefficient (Wildman–Crippen LogP) is 1.25. The van der Waals surface area contributed by atoms with Crippen molar-refractivity contribution in [1.82, 2.24) is 20.2 Å². The first-order valence-electron chi connectivity index (χ1n) is 8.75. The fraction of sp³-hybridized carbons (Fsp3) is 0.500.